The SMILES string of the molecule is CCn1nc(CNCCC(=O)NC2CC2)c2ccccc21. The van der Waals surface area contributed by atoms with Crippen molar-refractivity contribution < 1.29 is 4.79 Å². The number of para-hydroxylation sites is 1. The first kappa shape index (κ1) is 14.1. The monoisotopic (exact) mass is 286 g/mol. The van der Waals surface area contributed by atoms with Crippen LogP contribution in [0, 0.1) is 0 Å². The summed E-state index contributed by atoms with van der Waals surface area (Å²) in [6.45, 7) is 4.35. The summed E-state index contributed by atoms with van der Waals surface area (Å²) in [5, 5.41) is 12.1. The number of carbonyl (C=O) groups is 1. The Morgan fingerprint density at radius 2 is 2.19 bits per heavy atom. The lowest BCUT2D eigenvalue weighted by atomic mass is 10.2. The molecule has 0 aliphatic heterocycles. The van der Waals surface area contributed by atoms with E-state index in [9.17, 15) is 4.79 Å². The highest BCUT2D eigenvalue weighted by molar-refractivity contribution is 5.82. The third-order valence-corrected chi connectivity index (χ3v) is 3.80. The van der Waals surface area contributed by atoms with E-state index < -0.39 is 0 Å². The summed E-state index contributed by atoms with van der Waals surface area (Å²) in [6.07, 6.45) is 2.81. The van der Waals surface area contributed by atoms with E-state index in [1.54, 1.807) is 0 Å². The predicted molar refractivity (Wildman–Crippen MR) is 82.9 cm³/mol. The molecular formula is C16H22N4O. The lowest BCUT2D eigenvalue weighted by Crippen LogP contribution is -2.29. The molecule has 1 aliphatic rings. The van der Waals surface area contributed by atoms with Crippen molar-refractivity contribution in [1.29, 1.82) is 0 Å². The zero-order valence-corrected chi connectivity index (χ0v) is 12.4. The molecule has 0 atom stereocenters. The molecule has 5 heteroatoms. The summed E-state index contributed by atoms with van der Waals surface area (Å²) < 4.78 is 2.02. The second-order valence-corrected chi connectivity index (χ2v) is 5.55. The predicted octanol–water partition coefficient (Wildman–Crippen LogP) is 1.81. The van der Waals surface area contributed by atoms with Gasteiger partial charge in [0, 0.05) is 37.5 Å². The molecule has 0 unspecified atom stereocenters. The molecule has 1 fully saturated rings. The van der Waals surface area contributed by atoms with Gasteiger partial charge in [-0.1, -0.05) is 18.2 Å². The topological polar surface area (TPSA) is 59.0 Å². The van der Waals surface area contributed by atoms with Crippen molar-refractivity contribution >= 4 is 16.8 Å². The summed E-state index contributed by atoms with van der Waals surface area (Å²) in [4.78, 5) is 11.6. The van der Waals surface area contributed by atoms with E-state index >= 15 is 0 Å². The van der Waals surface area contributed by atoms with E-state index in [0.29, 0.717) is 25.6 Å². The van der Waals surface area contributed by atoms with Crippen LogP contribution >= 0.6 is 0 Å². The van der Waals surface area contributed by atoms with Gasteiger partial charge in [0.2, 0.25) is 5.91 Å². The summed E-state index contributed by atoms with van der Waals surface area (Å²) in [5.41, 5.74) is 2.22. The molecule has 3 rings (SSSR count). The van der Waals surface area contributed by atoms with Crippen molar-refractivity contribution in [3.8, 4) is 0 Å². The fraction of sp³-hybridized carbons (Fsp3) is 0.500. The molecule has 0 saturated heterocycles. The number of amides is 1. The highest BCUT2D eigenvalue weighted by Gasteiger charge is 2.22. The first-order valence-corrected chi connectivity index (χ1v) is 7.72. The van der Waals surface area contributed by atoms with E-state index in [2.05, 4.69) is 34.8 Å². The Labute approximate surface area is 124 Å². The maximum atomic E-state index is 11.6. The van der Waals surface area contributed by atoms with Crippen LogP contribution in [-0.4, -0.2) is 28.3 Å². The molecule has 0 bridgehead atoms. The zero-order chi connectivity index (χ0) is 14.7. The van der Waals surface area contributed by atoms with Gasteiger partial charge >= 0.3 is 0 Å². The van der Waals surface area contributed by atoms with Gasteiger partial charge in [-0.3, -0.25) is 9.48 Å². The van der Waals surface area contributed by atoms with Crippen molar-refractivity contribution in [1.82, 2.24) is 20.4 Å². The highest BCUT2D eigenvalue weighted by Crippen LogP contribution is 2.19. The molecule has 1 aliphatic carbocycles. The van der Waals surface area contributed by atoms with Gasteiger partial charge in [0.25, 0.3) is 0 Å². The fourth-order valence-electron chi connectivity index (χ4n) is 2.50. The van der Waals surface area contributed by atoms with Crippen LogP contribution in [0.1, 0.15) is 31.9 Å². The smallest absolute Gasteiger partial charge is 0.221 e. The summed E-state index contributed by atoms with van der Waals surface area (Å²) in [6, 6.07) is 8.72. The number of aryl methyl sites for hydroxylation is 1. The second kappa shape index (κ2) is 6.26. The van der Waals surface area contributed by atoms with E-state index in [-0.39, 0.29) is 5.91 Å². The van der Waals surface area contributed by atoms with Crippen LogP contribution in [0.3, 0.4) is 0 Å². The number of nitrogens with one attached hydrogen (secondary N) is 2. The highest BCUT2D eigenvalue weighted by atomic mass is 16.1. The van der Waals surface area contributed by atoms with Crippen molar-refractivity contribution in [2.24, 2.45) is 0 Å². The number of carbonyl (C=O) groups excluding carboxylic acids is 1. The van der Waals surface area contributed by atoms with Crippen LogP contribution in [0.5, 0.6) is 0 Å². The Kier molecular flexibility index (Phi) is 4.20. The molecule has 112 valence electrons. The van der Waals surface area contributed by atoms with Gasteiger partial charge in [-0.15, -0.1) is 0 Å². The average molecular weight is 286 g/mol. The first-order chi connectivity index (χ1) is 10.3. The minimum absolute atomic E-state index is 0.147. The molecule has 2 N–H and O–H groups in total. The van der Waals surface area contributed by atoms with E-state index in [1.165, 1.54) is 10.9 Å². The minimum Gasteiger partial charge on any atom is -0.353 e. The van der Waals surface area contributed by atoms with Crippen LogP contribution in [0.15, 0.2) is 24.3 Å². The fourth-order valence-corrected chi connectivity index (χ4v) is 2.50. The molecule has 1 heterocycles. The Morgan fingerprint density at radius 3 is 2.95 bits per heavy atom. The number of hydrogen-bond donors (Lipinski definition) is 2. The van der Waals surface area contributed by atoms with Gasteiger partial charge in [-0.05, 0) is 25.8 Å². The van der Waals surface area contributed by atoms with E-state index in [0.717, 1.165) is 25.1 Å². The zero-order valence-electron chi connectivity index (χ0n) is 12.4. The average Bonchev–Trinajstić information content (AvgIpc) is 3.24. The molecule has 5 nitrogen and oxygen atoms in total. The van der Waals surface area contributed by atoms with Crippen LogP contribution < -0.4 is 10.6 Å². The van der Waals surface area contributed by atoms with Gasteiger partial charge in [0.15, 0.2) is 0 Å². The van der Waals surface area contributed by atoms with Crippen molar-refractivity contribution in [2.75, 3.05) is 6.54 Å². The molecule has 1 saturated carbocycles. The molecule has 0 spiro atoms. The Balaban J connectivity index is 1.54. The number of benzene rings is 1. The maximum Gasteiger partial charge on any atom is 0.221 e. The first-order valence-electron chi connectivity index (χ1n) is 7.72. The maximum absolute atomic E-state index is 11.6. The van der Waals surface area contributed by atoms with Gasteiger partial charge in [-0.2, -0.15) is 5.10 Å². The normalized spacial score (nSPS) is 14.5. The van der Waals surface area contributed by atoms with E-state index in [4.69, 9.17) is 0 Å². The lowest BCUT2D eigenvalue weighted by Gasteiger charge is -2.04. The molecular weight excluding hydrogens is 264 g/mol. The van der Waals surface area contributed by atoms with Gasteiger partial charge < -0.3 is 10.6 Å². The number of hydrogen-bond acceptors (Lipinski definition) is 3. The third-order valence-electron chi connectivity index (χ3n) is 3.80. The number of aromatic nitrogens is 2. The number of fused-ring (bicyclic) bond motifs is 1. The molecule has 1 amide bonds. The molecule has 21 heavy (non-hydrogen) atoms. The largest absolute Gasteiger partial charge is 0.353 e. The number of nitrogens with zero attached hydrogens (tertiary/aromatic N) is 2. The van der Waals surface area contributed by atoms with Crippen molar-refractivity contribution in [2.45, 2.75) is 45.3 Å². The summed E-state index contributed by atoms with van der Waals surface area (Å²) in [7, 11) is 0. The van der Waals surface area contributed by atoms with Crippen molar-refractivity contribution in [3.05, 3.63) is 30.0 Å². The van der Waals surface area contributed by atoms with Crippen LogP contribution in [0.2, 0.25) is 0 Å². The lowest BCUT2D eigenvalue weighted by molar-refractivity contribution is -0.121. The summed E-state index contributed by atoms with van der Waals surface area (Å²) >= 11 is 0. The summed E-state index contributed by atoms with van der Waals surface area (Å²) in [5.74, 6) is 0.147. The molecule has 1 aromatic carbocycles. The third kappa shape index (κ3) is 3.42. The van der Waals surface area contributed by atoms with Crippen LogP contribution in [0.4, 0.5) is 0 Å². The van der Waals surface area contributed by atoms with Gasteiger partial charge in [0.05, 0.1) is 11.2 Å². The quantitative estimate of drug-likeness (QED) is 0.763. The number of rotatable bonds is 7. The molecule has 0 radical (unpaired) electrons. The molecule has 1 aromatic heterocycles. The Hall–Kier alpha value is -1.88. The second-order valence-electron chi connectivity index (χ2n) is 5.55. The Bertz CT molecular complexity index is 630. The van der Waals surface area contributed by atoms with E-state index in [1.807, 2.05) is 16.8 Å². The van der Waals surface area contributed by atoms with Gasteiger partial charge in [0.1, 0.15) is 0 Å². The molecule has 2 aromatic rings. The van der Waals surface area contributed by atoms with Crippen molar-refractivity contribution in [3.63, 3.8) is 0 Å². The minimum atomic E-state index is 0.147. The van der Waals surface area contributed by atoms with Gasteiger partial charge in [-0.25, -0.2) is 0 Å². The Morgan fingerprint density at radius 1 is 1.38 bits per heavy atom. The van der Waals surface area contributed by atoms with Crippen LogP contribution in [-0.2, 0) is 17.9 Å². The standard InChI is InChI=1S/C16H22N4O/c1-2-20-15-6-4-3-5-13(15)14(19-20)11-17-10-9-16(21)18-12-7-8-12/h3-6,12,17H,2,7-11H2,1H3,(H,18,21). The van der Waals surface area contributed by atoms with Crippen LogP contribution in [0.25, 0.3) is 10.9 Å².